The van der Waals surface area contributed by atoms with Gasteiger partial charge in [0.05, 0.1) is 18.2 Å². The number of fused-ring (bicyclic) bond motifs is 1. The van der Waals surface area contributed by atoms with Gasteiger partial charge in [-0.3, -0.25) is 14.5 Å². The summed E-state index contributed by atoms with van der Waals surface area (Å²) in [6.07, 6.45) is 2.08. The topological polar surface area (TPSA) is 84.0 Å². The third-order valence-electron chi connectivity index (χ3n) is 6.00. The third kappa shape index (κ3) is 6.52. The Morgan fingerprint density at radius 2 is 2.12 bits per heavy atom. The Balaban J connectivity index is 1.93. The van der Waals surface area contributed by atoms with Gasteiger partial charge in [0.1, 0.15) is 17.4 Å². The highest BCUT2D eigenvalue weighted by atomic mass is 32.1. The predicted octanol–water partition coefficient (Wildman–Crippen LogP) is 3.50. The summed E-state index contributed by atoms with van der Waals surface area (Å²) in [5.41, 5.74) is 1.08. The molecule has 1 aliphatic heterocycles. The van der Waals surface area contributed by atoms with Crippen LogP contribution in [0.3, 0.4) is 0 Å². The number of carbonyl (C=O) groups excluding carboxylic acids is 2. The van der Waals surface area contributed by atoms with Crippen molar-refractivity contribution in [2.75, 3.05) is 39.2 Å². The number of anilines is 1. The highest BCUT2D eigenvalue weighted by Gasteiger charge is 2.28. The van der Waals surface area contributed by atoms with Crippen LogP contribution >= 0.6 is 11.3 Å². The van der Waals surface area contributed by atoms with E-state index in [4.69, 9.17) is 9.47 Å². The molecule has 0 aliphatic carbocycles. The van der Waals surface area contributed by atoms with Crippen LogP contribution in [-0.2, 0) is 16.1 Å². The molecule has 3 rings (SSSR count). The van der Waals surface area contributed by atoms with Gasteiger partial charge >= 0.3 is 0 Å². The van der Waals surface area contributed by atoms with Gasteiger partial charge in [0, 0.05) is 63.0 Å². The summed E-state index contributed by atoms with van der Waals surface area (Å²) in [5, 5.41) is 5.88. The molecule has 2 amide bonds. The summed E-state index contributed by atoms with van der Waals surface area (Å²) >= 11 is 1.64. The zero-order valence-corrected chi connectivity index (χ0v) is 20.9. The van der Waals surface area contributed by atoms with Crippen LogP contribution in [0.15, 0.2) is 29.8 Å². The fourth-order valence-corrected chi connectivity index (χ4v) is 4.54. The van der Waals surface area contributed by atoms with Gasteiger partial charge in [-0.2, -0.15) is 0 Å². The normalized spacial score (nSPS) is 22.6. The van der Waals surface area contributed by atoms with Crippen molar-refractivity contribution in [3.05, 3.63) is 40.3 Å². The number of amides is 2. The Morgan fingerprint density at radius 1 is 1.33 bits per heavy atom. The van der Waals surface area contributed by atoms with E-state index in [0.717, 1.165) is 18.1 Å². The Hall–Kier alpha value is -2.49. The summed E-state index contributed by atoms with van der Waals surface area (Å²) in [6.45, 7) is 8.42. The molecule has 180 valence electrons. The van der Waals surface area contributed by atoms with E-state index in [1.165, 1.54) is 0 Å². The minimum absolute atomic E-state index is 0.0721. The molecule has 1 aliphatic rings. The molecule has 0 saturated carbocycles. The van der Waals surface area contributed by atoms with Crippen LogP contribution < -0.4 is 10.1 Å². The minimum atomic E-state index is -0.138. The number of hydrogen-bond acceptors (Lipinski definition) is 7. The van der Waals surface area contributed by atoms with Crippen molar-refractivity contribution in [3.8, 4) is 5.75 Å². The second-order valence-corrected chi connectivity index (χ2v) is 9.54. The molecule has 0 fully saturated rings. The van der Waals surface area contributed by atoms with E-state index in [1.54, 1.807) is 55.5 Å². The molecule has 0 saturated heterocycles. The highest BCUT2D eigenvalue weighted by Crippen LogP contribution is 2.27. The summed E-state index contributed by atoms with van der Waals surface area (Å²) in [6, 6.07) is 5.26. The first-order chi connectivity index (χ1) is 15.8. The van der Waals surface area contributed by atoms with Crippen LogP contribution in [0.4, 0.5) is 5.69 Å². The summed E-state index contributed by atoms with van der Waals surface area (Å²) in [7, 11) is 3.47. The molecule has 3 atom stereocenters. The van der Waals surface area contributed by atoms with Crippen molar-refractivity contribution in [1.82, 2.24) is 14.8 Å². The smallest absolute Gasteiger partial charge is 0.257 e. The number of nitrogens with one attached hydrogen (secondary N) is 1. The molecule has 1 aromatic heterocycles. The molecule has 0 unspecified atom stereocenters. The maximum atomic E-state index is 13.3. The van der Waals surface area contributed by atoms with Gasteiger partial charge in [-0.1, -0.05) is 13.8 Å². The zero-order chi connectivity index (χ0) is 24.0. The number of likely N-dealkylation sites (N-methyl/N-ethyl adjacent to an activating group) is 1. The van der Waals surface area contributed by atoms with E-state index in [1.807, 2.05) is 11.6 Å². The lowest BCUT2D eigenvalue weighted by atomic mass is 10.0. The molecule has 0 bridgehead atoms. The van der Waals surface area contributed by atoms with Crippen molar-refractivity contribution in [3.63, 3.8) is 0 Å². The first-order valence-corrected chi connectivity index (χ1v) is 12.2. The summed E-state index contributed by atoms with van der Waals surface area (Å²) < 4.78 is 12.0. The van der Waals surface area contributed by atoms with Gasteiger partial charge in [0.2, 0.25) is 5.91 Å². The van der Waals surface area contributed by atoms with Crippen LogP contribution in [0.1, 0.15) is 42.6 Å². The van der Waals surface area contributed by atoms with E-state index in [9.17, 15) is 9.59 Å². The Morgan fingerprint density at radius 3 is 2.79 bits per heavy atom. The van der Waals surface area contributed by atoms with Crippen LogP contribution in [0.2, 0.25) is 0 Å². The van der Waals surface area contributed by atoms with Crippen molar-refractivity contribution >= 4 is 28.8 Å². The number of methoxy groups -OCH3 is 1. The maximum Gasteiger partial charge on any atom is 0.257 e. The zero-order valence-electron chi connectivity index (χ0n) is 20.0. The minimum Gasteiger partial charge on any atom is -0.491 e. The summed E-state index contributed by atoms with van der Waals surface area (Å²) in [5.74, 6) is 0.425. The van der Waals surface area contributed by atoms with Gasteiger partial charge in [0.15, 0.2) is 0 Å². The first kappa shape index (κ1) is 25.1. The molecule has 9 heteroatoms. The standard InChI is InChI=1S/C24H34N4O4S/c1-6-22(29)26-18-7-8-19-20(11-18)32-15-17(3)28(14-23-25-9-10-33-23)12-16(2)21(31-5)13-27(4)24(19)30/h7-11,16-17,21H,6,12-15H2,1-5H3,(H,26,29)/t16-,17+,21-/m1/s1. The van der Waals surface area contributed by atoms with Crippen molar-refractivity contribution in [2.24, 2.45) is 5.92 Å². The fourth-order valence-electron chi connectivity index (χ4n) is 3.90. The molecule has 33 heavy (non-hydrogen) atoms. The SMILES string of the molecule is CCC(=O)Nc1ccc2c(c1)OC[C@H](C)N(Cc1nccs1)C[C@@H](C)[C@H](OC)CN(C)C2=O. The van der Waals surface area contributed by atoms with Crippen LogP contribution in [-0.4, -0.2) is 72.6 Å². The number of rotatable bonds is 5. The maximum absolute atomic E-state index is 13.3. The molecular weight excluding hydrogens is 440 g/mol. The number of aromatic nitrogens is 1. The molecule has 2 aromatic rings. The monoisotopic (exact) mass is 474 g/mol. The molecule has 1 N–H and O–H groups in total. The van der Waals surface area contributed by atoms with Gasteiger partial charge in [0.25, 0.3) is 5.91 Å². The second-order valence-electron chi connectivity index (χ2n) is 8.57. The number of benzene rings is 1. The van der Waals surface area contributed by atoms with Crippen LogP contribution in [0.5, 0.6) is 5.75 Å². The average Bonchev–Trinajstić information content (AvgIpc) is 3.32. The van der Waals surface area contributed by atoms with E-state index in [0.29, 0.717) is 36.6 Å². The predicted molar refractivity (Wildman–Crippen MR) is 130 cm³/mol. The Kier molecular flexibility index (Phi) is 8.82. The van der Waals surface area contributed by atoms with Crippen molar-refractivity contribution in [1.29, 1.82) is 0 Å². The number of hydrogen-bond donors (Lipinski definition) is 1. The summed E-state index contributed by atoms with van der Waals surface area (Å²) in [4.78, 5) is 33.6. The third-order valence-corrected chi connectivity index (χ3v) is 6.77. The van der Waals surface area contributed by atoms with Gasteiger partial charge in [-0.15, -0.1) is 11.3 Å². The first-order valence-electron chi connectivity index (χ1n) is 11.3. The molecule has 0 radical (unpaired) electrons. The van der Waals surface area contributed by atoms with Crippen molar-refractivity contribution in [2.45, 2.75) is 45.9 Å². The lowest BCUT2D eigenvalue weighted by molar-refractivity contribution is -0.115. The lowest BCUT2D eigenvalue weighted by Gasteiger charge is -2.35. The second kappa shape index (κ2) is 11.6. The Bertz CT molecular complexity index is 937. The highest BCUT2D eigenvalue weighted by molar-refractivity contribution is 7.09. The van der Waals surface area contributed by atoms with Crippen molar-refractivity contribution < 1.29 is 19.1 Å². The quantitative estimate of drug-likeness (QED) is 0.714. The molecule has 0 spiro atoms. The molecular formula is C24H34N4O4S. The van der Waals surface area contributed by atoms with E-state index in [2.05, 4.69) is 29.0 Å². The lowest BCUT2D eigenvalue weighted by Crippen LogP contribution is -2.46. The fraction of sp³-hybridized carbons (Fsp3) is 0.542. The van der Waals surface area contributed by atoms with Gasteiger partial charge < -0.3 is 19.7 Å². The largest absolute Gasteiger partial charge is 0.491 e. The average molecular weight is 475 g/mol. The van der Waals surface area contributed by atoms with Gasteiger partial charge in [-0.05, 0) is 25.0 Å². The van der Waals surface area contributed by atoms with E-state index < -0.39 is 0 Å². The number of carbonyl (C=O) groups is 2. The van der Waals surface area contributed by atoms with E-state index in [-0.39, 0.29) is 29.9 Å². The number of nitrogens with zero attached hydrogens (tertiary/aromatic N) is 3. The van der Waals surface area contributed by atoms with Crippen LogP contribution in [0, 0.1) is 5.92 Å². The molecule has 1 aromatic carbocycles. The van der Waals surface area contributed by atoms with E-state index >= 15 is 0 Å². The Labute approximate surface area is 199 Å². The number of ether oxygens (including phenoxy) is 2. The van der Waals surface area contributed by atoms with Crippen LogP contribution in [0.25, 0.3) is 0 Å². The van der Waals surface area contributed by atoms with Gasteiger partial charge in [-0.25, -0.2) is 4.98 Å². The molecule has 2 heterocycles. The molecule has 8 nitrogen and oxygen atoms in total. The number of thiazole rings is 1.